The Morgan fingerprint density at radius 2 is 1.91 bits per heavy atom. The molecular formula is C22H21F4N7O. The number of nitrogens with zero attached hydrogens (tertiary/aromatic N) is 5. The summed E-state index contributed by atoms with van der Waals surface area (Å²) < 4.78 is 53.0. The van der Waals surface area contributed by atoms with Crippen LogP contribution in [0.2, 0.25) is 0 Å². The monoisotopic (exact) mass is 475 g/mol. The van der Waals surface area contributed by atoms with Crippen molar-refractivity contribution in [1.29, 1.82) is 0 Å². The van der Waals surface area contributed by atoms with E-state index < -0.39 is 29.5 Å². The molecule has 3 rings (SSSR count). The van der Waals surface area contributed by atoms with Gasteiger partial charge in [-0.15, -0.1) is 0 Å². The molecule has 0 aliphatic rings. The fourth-order valence-corrected chi connectivity index (χ4v) is 3.05. The predicted octanol–water partition coefficient (Wildman–Crippen LogP) is 3.79. The van der Waals surface area contributed by atoms with Crippen molar-refractivity contribution in [3.8, 4) is 0 Å². The minimum absolute atomic E-state index is 0.000869. The Balaban J connectivity index is 1.92. The third-order valence-corrected chi connectivity index (χ3v) is 4.90. The summed E-state index contributed by atoms with van der Waals surface area (Å²) in [7, 11) is 1.49. The largest absolute Gasteiger partial charge is 0.417 e. The number of halogens is 4. The third-order valence-electron chi connectivity index (χ3n) is 4.90. The number of carbonyl (C=O) groups excluding carboxylic acids is 1. The van der Waals surface area contributed by atoms with Crippen molar-refractivity contribution < 1.29 is 22.4 Å². The molecular weight excluding hydrogens is 454 g/mol. The fourth-order valence-electron chi connectivity index (χ4n) is 3.05. The van der Waals surface area contributed by atoms with Gasteiger partial charge in [0.25, 0.3) is 5.91 Å². The molecule has 0 aromatic carbocycles. The number of hydrogen-bond donors (Lipinski definition) is 2. The Hall–Kier alpha value is -4.09. The number of hydrogen-bond acceptors (Lipinski definition) is 5. The molecule has 0 unspecified atom stereocenters. The Kier molecular flexibility index (Phi) is 7.39. The molecule has 8 nitrogen and oxygen atoms in total. The Morgan fingerprint density at radius 3 is 2.47 bits per heavy atom. The van der Waals surface area contributed by atoms with Crippen molar-refractivity contribution >= 4 is 17.7 Å². The molecule has 0 spiro atoms. The van der Waals surface area contributed by atoms with Crippen LogP contribution >= 0.6 is 0 Å². The van der Waals surface area contributed by atoms with Crippen molar-refractivity contribution in [2.24, 2.45) is 10.7 Å². The van der Waals surface area contributed by atoms with Gasteiger partial charge in [0, 0.05) is 25.6 Å². The first-order valence-electron chi connectivity index (χ1n) is 9.99. The number of nitrogens with two attached hydrogens (primary N) is 1. The van der Waals surface area contributed by atoms with Crippen molar-refractivity contribution in [2.45, 2.75) is 25.7 Å². The Labute approximate surface area is 192 Å². The average molecular weight is 475 g/mol. The van der Waals surface area contributed by atoms with Gasteiger partial charge in [-0.05, 0) is 43.3 Å². The molecule has 0 saturated carbocycles. The van der Waals surface area contributed by atoms with Crippen molar-refractivity contribution in [3.63, 3.8) is 0 Å². The highest BCUT2D eigenvalue weighted by Gasteiger charge is 2.31. The van der Waals surface area contributed by atoms with E-state index in [4.69, 9.17) is 5.73 Å². The van der Waals surface area contributed by atoms with Crippen molar-refractivity contribution in [3.05, 3.63) is 83.3 Å². The summed E-state index contributed by atoms with van der Waals surface area (Å²) in [5, 5.41) is 2.73. The lowest BCUT2D eigenvalue weighted by atomic mass is 10.1. The second-order valence-electron chi connectivity index (χ2n) is 7.18. The quantitative estimate of drug-likeness (QED) is 0.319. The van der Waals surface area contributed by atoms with Gasteiger partial charge in [-0.25, -0.2) is 9.37 Å². The SMILES string of the molecule is CN=C(N)Nc1ccc(C(=O)N(Cc2ccc(C(F)(F)F)cn2)[C@H](C)c2ncccc2F)cn1. The summed E-state index contributed by atoms with van der Waals surface area (Å²) in [6.07, 6.45) is -1.18. The maximum absolute atomic E-state index is 14.4. The van der Waals surface area contributed by atoms with Gasteiger partial charge >= 0.3 is 6.18 Å². The van der Waals surface area contributed by atoms with Crippen LogP contribution < -0.4 is 11.1 Å². The van der Waals surface area contributed by atoms with Crippen LogP contribution in [0.5, 0.6) is 0 Å². The number of amides is 1. The van der Waals surface area contributed by atoms with Gasteiger partial charge in [0.15, 0.2) is 5.96 Å². The minimum atomic E-state index is -4.54. The molecule has 0 saturated heterocycles. The molecule has 3 heterocycles. The van der Waals surface area contributed by atoms with E-state index in [-0.39, 0.29) is 29.5 Å². The zero-order chi connectivity index (χ0) is 24.9. The number of aliphatic imine (C=N–C) groups is 1. The number of guanidine groups is 1. The number of nitrogens with one attached hydrogen (secondary N) is 1. The van der Waals surface area contributed by atoms with Crippen molar-refractivity contribution in [1.82, 2.24) is 19.9 Å². The first-order chi connectivity index (χ1) is 16.1. The first kappa shape index (κ1) is 24.6. The topological polar surface area (TPSA) is 109 Å². The summed E-state index contributed by atoms with van der Waals surface area (Å²) in [6, 6.07) is 6.79. The molecule has 3 aromatic rings. The van der Waals surface area contributed by atoms with Gasteiger partial charge in [0.1, 0.15) is 11.6 Å². The molecule has 0 radical (unpaired) electrons. The molecule has 0 aliphatic carbocycles. The van der Waals surface area contributed by atoms with Crippen LogP contribution in [0.15, 0.2) is 60.0 Å². The zero-order valence-corrected chi connectivity index (χ0v) is 18.2. The number of aromatic nitrogens is 3. The molecule has 3 N–H and O–H groups in total. The number of anilines is 1. The minimum Gasteiger partial charge on any atom is -0.370 e. The highest BCUT2D eigenvalue weighted by atomic mass is 19.4. The van der Waals surface area contributed by atoms with Crippen LogP contribution in [0.4, 0.5) is 23.4 Å². The molecule has 0 fully saturated rings. The smallest absolute Gasteiger partial charge is 0.370 e. The normalized spacial score (nSPS) is 12.8. The van der Waals surface area contributed by atoms with Gasteiger partial charge in [-0.1, -0.05) is 0 Å². The second kappa shape index (κ2) is 10.2. The number of pyridine rings is 3. The summed E-state index contributed by atoms with van der Waals surface area (Å²) in [6.45, 7) is 1.37. The summed E-state index contributed by atoms with van der Waals surface area (Å²) >= 11 is 0. The van der Waals surface area contributed by atoms with Gasteiger partial charge in [0.2, 0.25) is 0 Å². The molecule has 0 bridgehead atoms. The van der Waals surface area contributed by atoms with Crippen LogP contribution in [0.1, 0.15) is 40.3 Å². The van der Waals surface area contributed by atoms with E-state index in [1.165, 1.54) is 54.7 Å². The van der Waals surface area contributed by atoms with E-state index in [1.807, 2.05) is 0 Å². The van der Waals surface area contributed by atoms with Crippen LogP contribution in [0.3, 0.4) is 0 Å². The van der Waals surface area contributed by atoms with E-state index in [0.29, 0.717) is 12.0 Å². The lowest BCUT2D eigenvalue weighted by Gasteiger charge is -2.29. The van der Waals surface area contributed by atoms with Gasteiger partial charge in [0.05, 0.1) is 35.1 Å². The van der Waals surface area contributed by atoms with Gasteiger partial charge in [-0.2, -0.15) is 13.2 Å². The summed E-state index contributed by atoms with van der Waals surface area (Å²) in [5.74, 6) is -0.698. The second-order valence-corrected chi connectivity index (χ2v) is 7.18. The van der Waals surface area contributed by atoms with Gasteiger partial charge < -0.3 is 16.0 Å². The molecule has 12 heteroatoms. The van der Waals surface area contributed by atoms with E-state index >= 15 is 0 Å². The Bertz CT molecular complexity index is 1170. The molecule has 178 valence electrons. The predicted molar refractivity (Wildman–Crippen MR) is 117 cm³/mol. The Morgan fingerprint density at radius 1 is 1.15 bits per heavy atom. The first-order valence-corrected chi connectivity index (χ1v) is 9.99. The van der Waals surface area contributed by atoms with E-state index in [0.717, 1.165) is 6.07 Å². The van der Waals surface area contributed by atoms with E-state index in [9.17, 15) is 22.4 Å². The average Bonchev–Trinajstić information content (AvgIpc) is 2.82. The van der Waals surface area contributed by atoms with Crippen LogP contribution in [-0.2, 0) is 12.7 Å². The van der Waals surface area contributed by atoms with Gasteiger partial charge in [-0.3, -0.25) is 19.8 Å². The highest BCUT2D eigenvalue weighted by molar-refractivity contribution is 5.95. The molecule has 1 atom stereocenters. The standard InChI is InChI=1S/C22H21F4N7O/c1-13(19-17(23)4-3-9-29-19)33(12-16-7-6-15(11-30-16)22(24,25)26)20(34)14-5-8-18(31-10-14)32-21(27)28-2/h3-11,13H,12H2,1-2H3,(H3,27,28,31,32)/t13-/m1/s1. The summed E-state index contributed by atoms with van der Waals surface area (Å²) in [4.78, 5) is 30.3. The number of carbonyl (C=O) groups is 1. The number of alkyl halides is 3. The lowest BCUT2D eigenvalue weighted by Crippen LogP contribution is -2.34. The molecule has 3 aromatic heterocycles. The molecule has 1 amide bonds. The van der Waals surface area contributed by atoms with E-state index in [2.05, 4.69) is 25.3 Å². The fraction of sp³-hybridized carbons (Fsp3) is 0.227. The van der Waals surface area contributed by atoms with Crippen LogP contribution in [0.25, 0.3) is 0 Å². The zero-order valence-electron chi connectivity index (χ0n) is 18.2. The highest BCUT2D eigenvalue weighted by Crippen LogP contribution is 2.29. The molecule has 34 heavy (non-hydrogen) atoms. The van der Waals surface area contributed by atoms with Crippen molar-refractivity contribution in [2.75, 3.05) is 12.4 Å². The molecule has 0 aliphatic heterocycles. The maximum Gasteiger partial charge on any atom is 0.417 e. The van der Waals surface area contributed by atoms with E-state index in [1.54, 1.807) is 6.92 Å². The lowest BCUT2D eigenvalue weighted by molar-refractivity contribution is -0.137. The number of rotatable bonds is 6. The van der Waals surface area contributed by atoms with Crippen LogP contribution in [0, 0.1) is 5.82 Å². The van der Waals surface area contributed by atoms with Crippen LogP contribution in [-0.4, -0.2) is 38.8 Å². The summed E-state index contributed by atoms with van der Waals surface area (Å²) in [5.41, 5.74) is 5.02. The maximum atomic E-state index is 14.4. The third kappa shape index (κ3) is 5.82.